The standard InChI is InChI=1S/C18H15F3N2O3/c19-18(20,21)17(25)22-13-6-7-15-14(10-13)23(16(24)11-26-15)9-8-12-4-2-1-3-5-12/h1-7,10H,8-9,11H2,(H,22,25). The van der Waals surface area contributed by atoms with Crippen LogP contribution in [0, 0.1) is 0 Å². The number of hydrogen-bond acceptors (Lipinski definition) is 3. The van der Waals surface area contributed by atoms with Crippen molar-refractivity contribution in [2.45, 2.75) is 12.6 Å². The van der Waals surface area contributed by atoms with Crippen molar-refractivity contribution in [1.82, 2.24) is 0 Å². The Bertz CT molecular complexity index is 822. The van der Waals surface area contributed by atoms with E-state index in [0.717, 1.165) is 5.56 Å². The summed E-state index contributed by atoms with van der Waals surface area (Å²) in [6, 6.07) is 13.5. The molecule has 0 saturated heterocycles. The number of hydrogen-bond donors (Lipinski definition) is 1. The van der Waals surface area contributed by atoms with Gasteiger partial charge in [-0.15, -0.1) is 0 Å². The molecule has 0 saturated carbocycles. The molecule has 3 rings (SSSR count). The molecular weight excluding hydrogens is 349 g/mol. The maximum absolute atomic E-state index is 12.4. The first-order valence-corrected chi connectivity index (χ1v) is 7.84. The molecule has 136 valence electrons. The highest BCUT2D eigenvalue weighted by molar-refractivity contribution is 6.00. The maximum atomic E-state index is 12.4. The number of nitrogens with zero attached hydrogens (tertiary/aromatic N) is 1. The molecule has 2 aromatic rings. The lowest BCUT2D eigenvalue weighted by Crippen LogP contribution is -2.40. The molecule has 0 fully saturated rings. The van der Waals surface area contributed by atoms with Crippen molar-refractivity contribution in [1.29, 1.82) is 0 Å². The summed E-state index contributed by atoms with van der Waals surface area (Å²) >= 11 is 0. The predicted molar refractivity (Wildman–Crippen MR) is 89.1 cm³/mol. The third-order valence-electron chi connectivity index (χ3n) is 3.88. The van der Waals surface area contributed by atoms with Crippen molar-refractivity contribution in [2.75, 3.05) is 23.4 Å². The average Bonchev–Trinajstić information content (AvgIpc) is 2.61. The fraction of sp³-hybridized carbons (Fsp3) is 0.222. The second-order valence-electron chi connectivity index (χ2n) is 5.70. The SMILES string of the molecule is O=C1COc2ccc(NC(=O)C(F)(F)F)cc2N1CCc1ccccc1. The van der Waals surface area contributed by atoms with Crippen molar-refractivity contribution < 1.29 is 27.5 Å². The molecule has 0 spiro atoms. The van der Waals surface area contributed by atoms with Crippen LogP contribution >= 0.6 is 0 Å². The molecule has 0 aliphatic carbocycles. The fourth-order valence-corrected chi connectivity index (χ4v) is 2.61. The Balaban J connectivity index is 1.81. The van der Waals surface area contributed by atoms with E-state index < -0.39 is 12.1 Å². The van der Waals surface area contributed by atoms with E-state index in [-0.39, 0.29) is 18.2 Å². The van der Waals surface area contributed by atoms with Crippen LogP contribution in [-0.4, -0.2) is 31.1 Å². The van der Waals surface area contributed by atoms with E-state index in [1.165, 1.54) is 23.1 Å². The number of halogens is 3. The molecule has 1 aliphatic heterocycles. The van der Waals surface area contributed by atoms with Crippen LogP contribution < -0.4 is 15.0 Å². The van der Waals surface area contributed by atoms with E-state index >= 15 is 0 Å². The van der Waals surface area contributed by atoms with Crippen LogP contribution in [0.4, 0.5) is 24.5 Å². The normalized spacial score (nSPS) is 13.8. The lowest BCUT2D eigenvalue weighted by Gasteiger charge is -2.30. The monoisotopic (exact) mass is 364 g/mol. The highest BCUT2D eigenvalue weighted by Gasteiger charge is 2.39. The second-order valence-corrected chi connectivity index (χ2v) is 5.70. The number of nitrogens with one attached hydrogen (secondary N) is 1. The number of benzene rings is 2. The van der Waals surface area contributed by atoms with Gasteiger partial charge in [0, 0.05) is 12.2 Å². The smallest absolute Gasteiger partial charge is 0.471 e. The van der Waals surface area contributed by atoms with Gasteiger partial charge in [-0.25, -0.2) is 0 Å². The molecule has 5 nitrogen and oxygen atoms in total. The van der Waals surface area contributed by atoms with Gasteiger partial charge < -0.3 is 15.0 Å². The van der Waals surface area contributed by atoms with E-state index in [1.54, 1.807) is 5.32 Å². The summed E-state index contributed by atoms with van der Waals surface area (Å²) in [5, 5.41) is 1.78. The van der Waals surface area contributed by atoms with Gasteiger partial charge in [0.2, 0.25) is 0 Å². The first-order valence-electron chi connectivity index (χ1n) is 7.84. The quantitative estimate of drug-likeness (QED) is 0.907. The molecule has 2 aromatic carbocycles. The van der Waals surface area contributed by atoms with E-state index in [0.29, 0.717) is 24.4 Å². The Morgan fingerprint density at radius 3 is 2.58 bits per heavy atom. The van der Waals surface area contributed by atoms with Crippen molar-refractivity contribution in [3.63, 3.8) is 0 Å². The molecule has 26 heavy (non-hydrogen) atoms. The van der Waals surface area contributed by atoms with Crippen LogP contribution in [0.5, 0.6) is 5.75 Å². The van der Waals surface area contributed by atoms with Gasteiger partial charge in [-0.05, 0) is 30.2 Å². The molecule has 1 N–H and O–H groups in total. The van der Waals surface area contributed by atoms with Gasteiger partial charge in [0.1, 0.15) is 5.75 Å². The number of ether oxygens (including phenoxy) is 1. The minimum absolute atomic E-state index is 0.0610. The van der Waals surface area contributed by atoms with Crippen LogP contribution in [0.1, 0.15) is 5.56 Å². The van der Waals surface area contributed by atoms with Gasteiger partial charge in [0.05, 0.1) is 5.69 Å². The van der Waals surface area contributed by atoms with Crippen molar-refractivity contribution >= 4 is 23.2 Å². The lowest BCUT2D eigenvalue weighted by molar-refractivity contribution is -0.167. The van der Waals surface area contributed by atoms with Crippen molar-refractivity contribution in [3.8, 4) is 5.75 Å². The Morgan fingerprint density at radius 2 is 1.88 bits per heavy atom. The van der Waals surface area contributed by atoms with Crippen LogP contribution in [0.25, 0.3) is 0 Å². The van der Waals surface area contributed by atoms with Crippen LogP contribution in [0.15, 0.2) is 48.5 Å². The lowest BCUT2D eigenvalue weighted by atomic mass is 10.1. The number of alkyl halides is 3. The third kappa shape index (κ3) is 3.96. The van der Waals surface area contributed by atoms with Gasteiger partial charge in [-0.2, -0.15) is 13.2 Å². The predicted octanol–water partition coefficient (Wildman–Crippen LogP) is 3.16. The molecule has 0 atom stereocenters. The Kier molecular flexibility index (Phi) is 4.83. The molecule has 1 heterocycles. The molecule has 0 radical (unpaired) electrons. The van der Waals surface area contributed by atoms with Gasteiger partial charge in [0.15, 0.2) is 6.61 Å². The van der Waals surface area contributed by atoms with E-state index in [9.17, 15) is 22.8 Å². The maximum Gasteiger partial charge on any atom is 0.471 e. The summed E-state index contributed by atoms with van der Waals surface area (Å²) < 4.78 is 42.6. The van der Waals surface area contributed by atoms with E-state index in [2.05, 4.69) is 0 Å². The van der Waals surface area contributed by atoms with E-state index in [4.69, 9.17) is 4.74 Å². The molecule has 0 unspecified atom stereocenters. The van der Waals surface area contributed by atoms with Crippen LogP contribution in [0.2, 0.25) is 0 Å². The number of carbonyl (C=O) groups excluding carboxylic acids is 2. The van der Waals surface area contributed by atoms with E-state index in [1.807, 2.05) is 30.3 Å². The molecule has 8 heteroatoms. The number of amides is 2. The molecule has 0 bridgehead atoms. The van der Waals surface area contributed by atoms with Crippen molar-refractivity contribution in [3.05, 3.63) is 54.1 Å². The summed E-state index contributed by atoms with van der Waals surface area (Å²) in [7, 11) is 0. The highest BCUT2D eigenvalue weighted by Crippen LogP contribution is 2.35. The molecular formula is C18H15F3N2O3. The Labute approximate surface area is 147 Å². The summed E-state index contributed by atoms with van der Waals surface area (Å²) in [6.07, 6.45) is -4.42. The third-order valence-corrected chi connectivity index (χ3v) is 3.88. The summed E-state index contributed by atoms with van der Waals surface area (Å²) in [5.41, 5.74) is 1.29. The zero-order valence-corrected chi connectivity index (χ0v) is 13.5. The topological polar surface area (TPSA) is 58.6 Å². The largest absolute Gasteiger partial charge is 0.482 e. The number of carbonyl (C=O) groups is 2. The average molecular weight is 364 g/mol. The summed E-state index contributed by atoms with van der Waals surface area (Å²) in [6.45, 7) is 0.200. The van der Waals surface area contributed by atoms with Crippen molar-refractivity contribution in [2.24, 2.45) is 0 Å². The first kappa shape index (κ1) is 17.8. The zero-order chi connectivity index (χ0) is 18.7. The Morgan fingerprint density at radius 1 is 1.15 bits per heavy atom. The highest BCUT2D eigenvalue weighted by atomic mass is 19.4. The van der Waals surface area contributed by atoms with Crippen LogP contribution in [-0.2, 0) is 16.0 Å². The van der Waals surface area contributed by atoms with Gasteiger partial charge in [0.25, 0.3) is 5.91 Å². The summed E-state index contributed by atoms with van der Waals surface area (Å²) in [4.78, 5) is 24.8. The number of fused-ring (bicyclic) bond motifs is 1. The van der Waals surface area contributed by atoms with Gasteiger partial charge in [-0.1, -0.05) is 30.3 Å². The number of rotatable bonds is 4. The Hall–Kier alpha value is -3.03. The number of anilines is 2. The molecule has 2 amide bonds. The minimum atomic E-state index is -4.99. The molecule has 0 aromatic heterocycles. The minimum Gasteiger partial charge on any atom is -0.482 e. The van der Waals surface area contributed by atoms with Gasteiger partial charge >= 0.3 is 12.1 Å². The molecule has 1 aliphatic rings. The fourth-order valence-electron chi connectivity index (χ4n) is 2.61. The second kappa shape index (κ2) is 7.07. The first-order chi connectivity index (χ1) is 12.3. The van der Waals surface area contributed by atoms with Gasteiger partial charge in [-0.3, -0.25) is 9.59 Å². The van der Waals surface area contributed by atoms with Crippen LogP contribution in [0.3, 0.4) is 0 Å². The zero-order valence-electron chi connectivity index (χ0n) is 13.5. The summed E-state index contributed by atoms with van der Waals surface area (Å²) in [5.74, 6) is -1.99.